The molecule has 0 spiro atoms. The molecule has 2 aliphatic heterocycles. The van der Waals surface area contributed by atoms with Crippen molar-refractivity contribution < 1.29 is 19.1 Å². The molecule has 2 aliphatic rings. The van der Waals surface area contributed by atoms with Crippen molar-refractivity contribution in [1.82, 2.24) is 9.80 Å². The summed E-state index contributed by atoms with van der Waals surface area (Å²) in [5.74, 6) is 0.339. The van der Waals surface area contributed by atoms with E-state index in [0.717, 1.165) is 18.8 Å². The maximum Gasteiger partial charge on any atom is 0.326 e. The first kappa shape index (κ1) is 22.6. The summed E-state index contributed by atoms with van der Waals surface area (Å²) in [7, 11) is 2.03. The van der Waals surface area contributed by atoms with Crippen molar-refractivity contribution in [2.45, 2.75) is 6.92 Å². The van der Waals surface area contributed by atoms with E-state index >= 15 is 0 Å². The molecule has 0 aromatic heterocycles. The van der Waals surface area contributed by atoms with Gasteiger partial charge in [0.05, 0.1) is 18.0 Å². The topological polar surface area (TPSA) is 85.4 Å². The van der Waals surface area contributed by atoms with Gasteiger partial charge in [0.1, 0.15) is 18.8 Å². The molecule has 0 saturated carbocycles. The molecule has 9 heteroatoms. The third kappa shape index (κ3) is 5.09. The zero-order chi connectivity index (χ0) is 23.4. The Morgan fingerprint density at radius 3 is 2.30 bits per heavy atom. The zero-order valence-electron chi connectivity index (χ0n) is 19.0. The molecule has 9 nitrogen and oxygen atoms in total. The summed E-state index contributed by atoms with van der Waals surface area (Å²) >= 11 is 0. The highest BCUT2D eigenvalue weighted by atomic mass is 16.5. The number of amides is 4. The molecule has 174 valence electrons. The summed E-state index contributed by atoms with van der Waals surface area (Å²) < 4.78 is 5.43. The van der Waals surface area contributed by atoms with Gasteiger partial charge < -0.3 is 19.9 Å². The van der Waals surface area contributed by atoms with E-state index in [1.165, 1.54) is 9.80 Å². The Morgan fingerprint density at radius 1 is 0.970 bits per heavy atom. The number of piperazine rings is 1. The van der Waals surface area contributed by atoms with E-state index < -0.39 is 6.03 Å². The Labute approximate surface area is 193 Å². The number of likely N-dealkylation sites (N-methyl/N-ethyl adjacent to an activating group) is 1. The lowest BCUT2D eigenvalue weighted by Crippen LogP contribution is -2.54. The number of ether oxygens (including phenoxy) is 1. The zero-order valence-corrected chi connectivity index (χ0v) is 19.0. The van der Waals surface area contributed by atoms with E-state index in [-0.39, 0.29) is 24.9 Å². The van der Waals surface area contributed by atoms with E-state index in [9.17, 15) is 14.4 Å². The number of nitrogens with one attached hydrogen (secondary N) is 1. The molecule has 0 radical (unpaired) electrons. The highest BCUT2D eigenvalue weighted by molar-refractivity contribution is 6.15. The summed E-state index contributed by atoms with van der Waals surface area (Å²) in [5, 5.41) is 2.83. The second kappa shape index (κ2) is 9.91. The molecule has 4 amide bonds. The Hall–Kier alpha value is -3.59. The van der Waals surface area contributed by atoms with Gasteiger partial charge in [0.15, 0.2) is 0 Å². The van der Waals surface area contributed by atoms with Crippen LogP contribution in [0.4, 0.5) is 21.9 Å². The molecule has 2 aromatic rings. The molecule has 0 bridgehead atoms. The fourth-order valence-electron chi connectivity index (χ4n) is 4.00. The first-order valence-corrected chi connectivity index (χ1v) is 11.1. The summed E-state index contributed by atoms with van der Waals surface area (Å²) in [6.45, 7) is 5.22. The van der Waals surface area contributed by atoms with Crippen LogP contribution in [-0.4, -0.2) is 80.6 Å². The van der Waals surface area contributed by atoms with Crippen LogP contribution in [0.1, 0.15) is 6.92 Å². The number of carbonyl (C=O) groups excluding carboxylic acids is 3. The van der Waals surface area contributed by atoms with Crippen molar-refractivity contribution in [3.63, 3.8) is 0 Å². The number of anilines is 3. The van der Waals surface area contributed by atoms with Crippen LogP contribution >= 0.6 is 0 Å². The molecular weight excluding hydrogens is 422 g/mol. The highest BCUT2D eigenvalue weighted by Gasteiger charge is 2.34. The quantitative estimate of drug-likeness (QED) is 0.754. The number of nitrogens with zero attached hydrogens (tertiary/aromatic N) is 4. The maximum atomic E-state index is 13.0. The van der Waals surface area contributed by atoms with Crippen LogP contribution in [0.2, 0.25) is 0 Å². The minimum absolute atomic E-state index is 0.0338. The highest BCUT2D eigenvalue weighted by Crippen LogP contribution is 2.34. The number of para-hydroxylation sites is 2. The van der Waals surface area contributed by atoms with Gasteiger partial charge in [-0.05, 0) is 50.4 Å². The molecular formula is C24H29N5O4. The lowest BCUT2D eigenvalue weighted by atomic mass is 10.1. The van der Waals surface area contributed by atoms with Crippen molar-refractivity contribution in [2.24, 2.45) is 0 Å². The van der Waals surface area contributed by atoms with E-state index in [4.69, 9.17) is 4.74 Å². The van der Waals surface area contributed by atoms with Crippen LogP contribution in [0, 0.1) is 0 Å². The Balaban J connectivity index is 1.48. The minimum atomic E-state index is -0.412. The molecule has 33 heavy (non-hydrogen) atoms. The number of benzene rings is 2. The molecule has 2 aromatic carbocycles. The van der Waals surface area contributed by atoms with Gasteiger partial charge in [-0.25, -0.2) is 4.79 Å². The Morgan fingerprint density at radius 2 is 1.64 bits per heavy atom. The normalized spacial score (nSPS) is 16.4. The number of hydrogen-bond acceptors (Lipinski definition) is 5. The molecule has 0 atom stereocenters. The molecule has 0 unspecified atom stereocenters. The number of carbonyl (C=O) groups is 3. The second-order valence-corrected chi connectivity index (χ2v) is 8.13. The molecule has 1 N–H and O–H groups in total. The number of hydrogen-bond donors (Lipinski definition) is 1. The lowest BCUT2D eigenvalue weighted by Gasteiger charge is -2.38. The smallest absolute Gasteiger partial charge is 0.326 e. The van der Waals surface area contributed by atoms with Crippen molar-refractivity contribution in [1.29, 1.82) is 0 Å². The van der Waals surface area contributed by atoms with Gasteiger partial charge in [0.25, 0.3) is 0 Å². The van der Waals surface area contributed by atoms with Crippen LogP contribution in [-0.2, 0) is 9.59 Å². The van der Waals surface area contributed by atoms with Crippen molar-refractivity contribution >= 4 is 34.9 Å². The van der Waals surface area contributed by atoms with E-state index in [1.54, 1.807) is 47.4 Å². The third-order valence-electron chi connectivity index (χ3n) is 5.87. The summed E-state index contributed by atoms with van der Waals surface area (Å²) in [4.78, 5) is 45.8. The Bertz CT molecular complexity index is 1020. The monoisotopic (exact) mass is 451 g/mol. The summed E-state index contributed by atoms with van der Waals surface area (Å²) in [5.41, 5.74) is 1.74. The van der Waals surface area contributed by atoms with Gasteiger partial charge in [-0.2, -0.15) is 0 Å². The SMILES string of the molecule is CCOc1ccc(NC(=O)N2CC(=O)N(CC(=O)N3CCN(C)CC3)c3ccccc32)cc1. The first-order chi connectivity index (χ1) is 16.0. The lowest BCUT2D eigenvalue weighted by molar-refractivity contribution is -0.132. The minimum Gasteiger partial charge on any atom is -0.494 e. The van der Waals surface area contributed by atoms with Gasteiger partial charge >= 0.3 is 6.03 Å². The van der Waals surface area contributed by atoms with Gasteiger partial charge in [-0.15, -0.1) is 0 Å². The van der Waals surface area contributed by atoms with Gasteiger partial charge in [0, 0.05) is 31.9 Å². The van der Waals surface area contributed by atoms with E-state index in [0.29, 0.717) is 36.8 Å². The van der Waals surface area contributed by atoms with Crippen molar-refractivity contribution in [2.75, 3.05) is 68.0 Å². The largest absolute Gasteiger partial charge is 0.494 e. The molecule has 1 saturated heterocycles. The second-order valence-electron chi connectivity index (χ2n) is 8.13. The summed E-state index contributed by atoms with van der Waals surface area (Å²) in [6.07, 6.45) is 0. The van der Waals surface area contributed by atoms with Crippen LogP contribution in [0.15, 0.2) is 48.5 Å². The van der Waals surface area contributed by atoms with E-state index in [1.807, 2.05) is 20.0 Å². The number of urea groups is 1. The van der Waals surface area contributed by atoms with Crippen LogP contribution in [0.5, 0.6) is 5.75 Å². The van der Waals surface area contributed by atoms with Gasteiger partial charge in [-0.1, -0.05) is 12.1 Å². The fraction of sp³-hybridized carbons (Fsp3) is 0.375. The number of fused-ring (bicyclic) bond motifs is 1. The third-order valence-corrected chi connectivity index (χ3v) is 5.87. The predicted molar refractivity (Wildman–Crippen MR) is 127 cm³/mol. The fourth-order valence-corrected chi connectivity index (χ4v) is 4.00. The van der Waals surface area contributed by atoms with Gasteiger partial charge in [-0.3, -0.25) is 19.4 Å². The molecule has 4 rings (SSSR count). The average Bonchev–Trinajstić information content (AvgIpc) is 2.82. The number of rotatable bonds is 5. The predicted octanol–water partition coefficient (Wildman–Crippen LogP) is 2.24. The standard InChI is InChI=1S/C24H29N5O4/c1-3-33-19-10-8-18(9-11-19)25-24(32)29-17-23(31)28(20-6-4-5-7-21(20)29)16-22(30)27-14-12-26(2)13-15-27/h4-11H,3,12-17H2,1-2H3,(H,25,32). The van der Waals surface area contributed by atoms with Crippen LogP contribution in [0.3, 0.4) is 0 Å². The van der Waals surface area contributed by atoms with E-state index in [2.05, 4.69) is 10.2 Å². The average molecular weight is 452 g/mol. The molecule has 1 fully saturated rings. The maximum absolute atomic E-state index is 13.0. The van der Waals surface area contributed by atoms with Crippen LogP contribution in [0.25, 0.3) is 0 Å². The van der Waals surface area contributed by atoms with Crippen molar-refractivity contribution in [3.05, 3.63) is 48.5 Å². The Kier molecular flexibility index (Phi) is 6.79. The molecule has 0 aliphatic carbocycles. The summed E-state index contributed by atoms with van der Waals surface area (Å²) in [6, 6.07) is 13.8. The van der Waals surface area contributed by atoms with Crippen LogP contribution < -0.4 is 19.9 Å². The van der Waals surface area contributed by atoms with Gasteiger partial charge in [0.2, 0.25) is 11.8 Å². The molecule has 2 heterocycles. The first-order valence-electron chi connectivity index (χ1n) is 11.1. The van der Waals surface area contributed by atoms with Crippen molar-refractivity contribution in [3.8, 4) is 5.75 Å².